The zero-order valence-electron chi connectivity index (χ0n) is 8.91. The van der Waals surface area contributed by atoms with Crippen LogP contribution in [0.3, 0.4) is 0 Å². The van der Waals surface area contributed by atoms with Crippen LogP contribution in [0.15, 0.2) is 0 Å². The summed E-state index contributed by atoms with van der Waals surface area (Å²) in [5, 5.41) is 0. The number of rotatable bonds is 2. The highest BCUT2D eigenvalue weighted by atomic mass is 16.2. The van der Waals surface area contributed by atoms with Crippen molar-refractivity contribution in [3.05, 3.63) is 0 Å². The summed E-state index contributed by atoms with van der Waals surface area (Å²) in [6.07, 6.45) is 5.86. The number of nitrogens with two attached hydrogens (primary N) is 1. The number of carbonyl (C=O) groups excluding carboxylic acids is 1. The van der Waals surface area contributed by atoms with E-state index in [0.717, 1.165) is 25.3 Å². The molecule has 2 fully saturated rings. The van der Waals surface area contributed by atoms with Crippen LogP contribution in [0.2, 0.25) is 0 Å². The van der Waals surface area contributed by atoms with Gasteiger partial charge in [-0.25, -0.2) is 0 Å². The molecule has 1 aliphatic carbocycles. The summed E-state index contributed by atoms with van der Waals surface area (Å²) in [4.78, 5) is 13.8. The number of likely N-dealkylation sites (tertiary alicyclic amines) is 1. The largest absolute Gasteiger partial charge is 0.338 e. The molecule has 0 bridgehead atoms. The molecule has 1 saturated heterocycles. The molecule has 14 heavy (non-hydrogen) atoms. The molecule has 1 saturated carbocycles. The molecule has 0 aromatic heterocycles. The average Bonchev–Trinajstić information content (AvgIpc) is 2.06. The van der Waals surface area contributed by atoms with E-state index in [1.165, 1.54) is 19.3 Å². The van der Waals surface area contributed by atoms with Crippen molar-refractivity contribution in [2.24, 2.45) is 11.7 Å². The van der Waals surface area contributed by atoms with Crippen molar-refractivity contribution in [1.29, 1.82) is 0 Å². The summed E-state index contributed by atoms with van der Waals surface area (Å²) in [5.41, 5.74) is 5.77. The molecule has 2 N–H and O–H groups in total. The van der Waals surface area contributed by atoms with Gasteiger partial charge in [0.05, 0.1) is 6.04 Å². The Kier molecular flexibility index (Phi) is 2.77. The first-order valence-corrected chi connectivity index (χ1v) is 5.76. The highest BCUT2D eigenvalue weighted by Gasteiger charge is 2.34. The summed E-state index contributed by atoms with van der Waals surface area (Å²) in [5.74, 6) is 0.917. The standard InChI is InChI=1S/C11H20N2O/c1-8(9-4-2-5-9)13-7-3-6-10(12)11(13)14/h8-10H,2-7,12H2,1H3. The van der Waals surface area contributed by atoms with Crippen molar-refractivity contribution < 1.29 is 4.79 Å². The molecular formula is C11H20N2O. The van der Waals surface area contributed by atoms with Crippen LogP contribution in [0.1, 0.15) is 39.0 Å². The van der Waals surface area contributed by atoms with Gasteiger partial charge in [-0.05, 0) is 38.5 Å². The van der Waals surface area contributed by atoms with Gasteiger partial charge in [-0.1, -0.05) is 6.42 Å². The van der Waals surface area contributed by atoms with Crippen molar-refractivity contribution in [2.45, 2.75) is 51.1 Å². The van der Waals surface area contributed by atoms with Crippen LogP contribution >= 0.6 is 0 Å². The zero-order valence-corrected chi connectivity index (χ0v) is 8.91. The molecule has 2 unspecified atom stereocenters. The molecule has 0 radical (unpaired) electrons. The molecule has 2 aliphatic rings. The summed E-state index contributed by atoms with van der Waals surface area (Å²) in [6, 6.07) is 0.189. The quantitative estimate of drug-likeness (QED) is 0.719. The minimum absolute atomic E-state index is 0.177. The first kappa shape index (κ1) is 9.97. The van der Waals surface area contributed by atoms with Crippen LogP contribution in [0, 0.1) is 5.92 Å². The van der Waals surface area contributed by atoms with Crippen molar-refractivity contribution in [3.8, 4) is 0 Å². The average molecular weight is 196 g/mol. The molecule has 0 spiro atoms. The number of amides is 1. The van der Waals surface area contributed by atoms with Crippen LogP contribution < -0.4 is 5.73 Å². The Labute approximate surface area is 85.6 Å². The molecule has 2 atom stereocenters. The van der Waals surface area contributed by atoms with E-state index in [1.807, 2.05) is 4.90 Å². The normalized spacial score (nSPS) is 31.4. The van der Waals surface area contributed by atoms with Gasteiger partial charge in [-0.3, -0.25) is 4.79 Å². The Bertz CT molecular complexity index is 225. The summed E-state index contributed by atoms with van der Waals surface area (Å²) in [6.45, 7) is 3.10. The van der Waals surface area contributed by atoms with E-state index in [4.69, 9.17) is 5.73 Å². The molecule has 0 aromatic carbocycles. The van der Waals surface area contributed by atoms with Gasteiger partial charge in [0.15, 0.2) is 0 Å². The second-order valence-electron chi connectivity index (χ2n) is 4.71. The predicted octanol–water partition coefficient (Wildman–Crippen LogP) is 1.12. The number of hydrogen-bond donors (Lipinski definition) is 1. The Balaban J connectivity index is 1.97. The molecule has 0 aromatic rings. The van der Waals surface area contributed by atoms with Gasteiger partial charge >= 0.3 is 0 Å². The number of nitrogens with zero attached hydrogens (tertiary/aromatic N) is 1. The Morgan fingerprint density at radius 3 is 2.64 bits per heavy atom. The maximum Gasteiger partial charge on any atom is 0.239 e. The number of hydrogen-bond acceptors (Lipinski definition) is 2. The van der Waals surface area contributed by atoms with E-state index in [0.29, 0.717) is 6.04 Å². The van der Waals surface area contributed by atoms with E-state index in [2.05, 4.69) is 6.92 Å². The van der Waals surface area contributed by atoms with Gasteiger partial charge in [-0.2, -0.15) is 0 Å². The zero-order chi connectivity index (χ0) is 10.1. The summed E-state index contributed by atoms with van der Waals surface area (Å²) >= 11 is 0. The highest BCUT2D eigenvalue weighted by molar-refractivity contribution is 5.82. The van der Waals surface area contributed by atoms with Gasteiger partial charge in [0.1, 0.15) is 0 Å². The first-order valence-electron chi connectivity index (χ1n) is 5.76. The monoisotopic (exact) mass is 196 g/mol. The van der Waals surface area contributed by atoms with Crippen molar-refractivity contribution in [2.75, 3.05) is 6.54 Å². The Morgan fingerprint density at radius 1 is 1.36 bits per heavy atom. The fourth-order valence-electron chi connectivity index (χ4n) is 2.51. The summed E-state index contributed by atoms with van der Waals surface area (Å²) < 4.78 is 0. The first-order chi connectivity index (χ1) is 6.70. The minimum Gasteiger partial charge on any atom is -0.338 e. The van der Waals surface area contributed by atoms with E-state index in [-0.39, 0.29) is 11.9 Å². The topological polar surface area (TPSA) is 46.3 Å². The van der Waals surface area contributed by atoms with E-state index in [1.54, 1.807) is 0 Å². The molecule has 80 valence electrons. The van der Waals surface area contributed by atoms with Gasteiger partial charge in [0, 0.05) is 12.6 Å². The van der Waals surface area contributed by atoms with E-state index < -0.39 is 0 Å². The third-order valence-corrected chi connectivity index (χ3v) is 3.84. The van der Waals surface area contributed by atoms with Crippen LogP contribution in [0.4, 0.5) is 0 Å². The van der Waals surface area contributed by atoms with Crippen molar-refractivity contribution in [3.63, 3.8) is 0 Å². The van der Waals surface area contributed by atoms with Crippen molar-refractivity contribution in [1.82, 2.24) is 4.90 Å². The molecule has 1 amide bonds. The van der Waals surface area contributed by atoms with E-state index in [9.17, 15) is 4.79 Å². The molecule has 3 heteroatoms. The Morgan fingerprint density at radius 2 is 2.07 bits per heavy atom. The lowest BCUT2D eigenvalue weighted by molar-refractivity contribution is -0.139. The lowest BCUT2D eigenvalue weighted by Crippen LogP contribution is -2.54. The van der Waals surface area contributed by atoms with Gasteiger partial charge in [-0.15, -0.1) is 0 Å². The molecule has 1 aliphatic heterocycles. The maximum atomic E-state index is 11.8. The third-order valence-electron chi connectivity index (χ3n) is 3.84. The third kappa shape index (κ3) is 1.65. The Hall–Kier alpha value is -0.570. The smallest absolute Gasteiger partial charge is 0.239 e. The lowest BCUT2D eigenvalue weighted by atomic mass is 9.79. The molecule has 2 rings (SSSR count). The summed E-state index contributed by atoms with van der Waals surface area (Å²) in [7, 11) is 0. The maximum absolute atomic E-state index is 11.8. The fourth-order valence-corrected chi connectivity index (χ4v) is 2.51. The van der Waals surface area contributed by atoms with Gasteiger partial charge in [0.2, 0.25) is 5.91 Å². The van der Waals surface area contributed by atoms with Crippen LogP contribution in [-0.4, -0.2) is 29.4 Å². The molecule has 3 nitrogen and oxygen atoms in total. The van der Waals surface area contributed by atoms with Crippen LogP contribution in [0.5, 0.6) is 0 Å². The molecule has 1 heterocycles. The minimum atomic E-state index is -0.230. The number of carbonyl (C=O) groups is 1. The fraction of sp³-hybridized carbons (Fsp3) is 0.909. The van der Waals surface area contributed by atoms with Crippen LogP contribution in [-0.2, 0) is 4.79 Å². The van der Waals surface area contributed by atoms with Gasteiger partial charge < -0.3 is 10.6 Å². The second-order valence-corrected chi connectivity index (χ2v) is 4.71. The lowest BCUT2D eigenvalue weighted by Gasteiger charge is -2.42. The predicted molar refractivity (Wildman–Crippen MR) is 55.7 cm³/mol. The van der Waals surface area contributed by atoms with Crippen molar-refractivity contribution >= 4 is 5.91 Å². The highest BCUT2D eigenvalue weighted by Crippen LogP contribution is 2.33. The second kappa shape index (κ2) is 3.89. The van der Waals surface area contributed by atoms with E-state index >= 15 is 0 Å². The molecular weight excluding hydrogens is 176 g/mol. The SMILES string of the molecule is CC(C1CCC1)N1CCCC(N)C1=O. The number of piperidine rings is 1. The van der Waals surface area contributed by atoms with Gasteiger partial charge in [0.25, 0.3) is 0 Å². The van der Waals surface area contributed by atoms with Crippen LogP contribution in [0.25, 0.3) is 0 Å².